The third-order valence-electron chi connectivity index (χ3n) is 3.85. The van der Waals surface area contributed by atoms with Crippen LogP contribution in [0.3, 0.4) is 0 Å². The number of nitrogens with zero attached hydrogens (tertiary/aromatic N) is 1. The second-order valence-corrected chi connectivity index (χ2v) is 5.47. The second-order valence-electron chi connectivity index (χ2n) is 5.47. The Morgan fingerprint density at radius 2 is 2.10 bits per heavy atom. The molecule has 21 heavy (non-hydrogen) atoms. The first-order valence-corrected chi connectivity index (χ1v) is 7.70. The number of benzene rings is 1. The highest BCUT2D eigenvalue weighted by molar-refractivity contribution is 5.73. The van der Waals surface area contributed by atoms with E-state index in [2.05, 4.69) is 39.8 Å². The van der Waals surface area contributed by atoms with Crippen molar-refractivity contribution in [2.45, 2.75) is 31.8 Å². The fraction of sp³-hybridized carbons (Fsp3) is 0.562. The first-order valence-electron chi connectivity index (χ1n) is 7.70. The molecule has 2 rings (SSSR count). The monoisotopic (exact) mass is 291 g/mol. The van der Waals surface area contributed by atoms with Crippen molar-refractivity contribution in [3.05, 3.63) is 35.9 Å². The smallest absolute Gasteiger partial charge is 0.314 e. The van der Waals surface area contributed by atoms with Gasteiger partial charge in [0.2, 0.25) is 0 Å². The summed E-state index contributed by atoms with van der Waals surface area (Å²) in [6.07, 6.45) is 2.91. The van der Waals surface area contributed by atoms with Gasteiger partial charge in [-0.15, -0.1) is 0 Å². The highest BCUT2D eigenvalue weighted by atomic mass is 16.3. The topological polar surface area (TPSA) is 64.6 Å². The summed E-state index contributed by atoms with van der Waals surface area (Å²) >= 11 is 0. The molecule has 0 spiro atoms. The summed E-state index contributed by atoms with van der Waals surface area (Å²) < 4.78 is 0. The molecule has 116 valence electrons. The van der Waals surface area contributed by atoms with Crippen molar-refractivity contribution in [3.8, 4) is 0 Å². The van der Waals surface area contributed by atoms with Gasteiger partial charge in [-0.2, -0.15) is 0 Å². The zero-order valence-corrected chi connectivity index (χ0v) is 12.4. The fourth-order valence-corrected chi connectivity index (χ4v) is 2.71. The van der Waals surface area contributed by atoms with Gasteiger partial charge in [-0.1, -0.05) is 30.3 Å². The molecule has 0 radical (unpaired) electrons. The zero-order valence-electron chi connectivity index (χ0n) is 12.4. The van der Waals surface area contributed by atoms with Crippen molar-refractivity contribution in [1.29, 1.82) is 0 Å². The van der Waals surface area contributed by atoms with Gasteiger partial charge in [0.15, 0.2) is 0 Å². The largest absolute Gasteiger partial charge is 0.396 e. The summed E-state index contributed by atoms with van der Waals surface area (Å²) in [5.74, 6) is 0. The van der Waals surface area contributed by atoms with E-state index in [4.69, 9.17) is 5.11 Å². The Morgan fingerprint density at radius 1 is 1.29 bits per heavy atom. The standard InChI is InChI=1S/C16H25N3O2/c20-11-5-9-17-16(21)18-12-15-8-4-10-19(15)13-14-6-2-1-3-7-14/h1-3,6-7,15,20H,4-5,8-13H2,(H2,17,18,21). The van der Waals surface area contributed by atoms with Gasteiger partial charge in [-0.3, -0.25) is 4.90 Å². The molecule has 1 saturated heterocycles. The van der Waals surface area contributed by atoms with E-state index in [-0.39, 0.29) is 12.6 Å². The van der Waals surface area contributed by atoms with Crippen molar-refractivity contribution in [2.24, 2.45) is 0 Å². The Hall–Kier alpha value is -1.59. The van der Waals surface area contributed by atoms with E-state index in [9.17, 15) is 4.79 Å². The number of hydrogen-bond acceptors (Lipinski definition) is 3. The van der Waals surface area contributed by atoms with Crippen molar-refractivity contribution in [3.63, 3.8) is 0 Å². The van der Waals surface area contributed by atoms with Crippen molar-refractivity contribution < 1.29 is 9.90 Å². The van der Waals surface area contributed by atoms with E-state index in [0.29, 0.717) is 25.6 Å². The Morgan fingerprint density at radius 3 is 2.86 bits per heavy atom. The molecule has 5 heteroatoms. The average molecular weight is 291 g/mol. The molecular weight excluding hydrogens is 266 g/mol. The van der Waals surface area contributed by atoms with E-state index in [1.54, 1.807) is 0 Å². The summed E-state index contributed by atoms with van der Waals surface area (Å²) in [6, 6.07) is 10.7. The zero-order chi connectivity index (χ0) is 14.9. The lowest BCUT2D eigenvalue weighted by Crippen LogP contribution is -2.44. The minimum absolute atomic E-state index is 0.105. The molecule has 1 heterocycles. The van der Waals surface area contributed by atoms with Crippen LogP contribution < -0.4 is 10.6 Å². The Labute approximate surface area is 126 Å². The molecule has 0 saturated carbocycles. The van der Waals surface area contributed by atoms with E-state index >= 15 is 0 Å². The van der Waals surface area contributed by atoms with E-state index < -0.39 is 0 Å². The molecule has 1 fully saturated rings. The molecule has 0 aromatic heterocycles. The summed E-state index contributed by atoms with van der Waals surface area (Å²) in [6.45, 7) is 3.33. The molecule has 1 unspecified atom stereocenters. The predicted molar refractivity (Wildman–Crippen MR) is 83.0 cm³/mol. The highest BCUT2D eigenvalue weighted by Crippen LogP contribution is 2.19. The summed E-state index contributed by atoms with van der Waals surface area (Å²) in [5.41, 5.74) is 1.32. The molecule has 1 aliphatic rings. The molecule has 1 atom stereocenters. The first kappa shape index (κ1) is 15.8. The highest BCUT2D eigenvalue weighted by Gasteiger charge is 2.24. The third-order valence-corrected chi connectivity index (χ3v) is 3.85. The Kier molecular flexibility index (Phi) is 6.50. The molecule has 1 aromatic rings. The van der Waals surface area contributed by atoms with Crippen LogP contribution in [-0.4, -0.2) is 48.3 Å². The molecule has 0 aliphatic carbocycles. The minimum Gasteiger partial charge on any atom is -0.396 e. The number of carbonyl (C=O) groups excluding carboxylic acids is 1. The molecule has 5 nitrogen and oxygen atoms in total. The van der Waals surface area contributed by atoms with Crippen molar-refractivity contribution in [1.82, 2.24) is 15.5 Å². The summed E-state index contributed by atoms with van der Waals surface area (Å²) in [7, 11) is 0. The number of carbonyl (C=O) groups is 1. The molecule has 1 aliphatic heterocycles. The minimum atomic E-state index is -0.144. The lowest BCUT2D eigenvalue weighted by Gasteiger charge is -2.24. The van der Waals surface area contributed by atoms with Crippen LogP contribution in [0.25, 0.3) is 0 Å². The van der Waals surface area contributed by atoms with Crippen LogP contribution in [0.4, 0.5) is 4.79 Å². The van der Waals surface area contributed by atoms with Crippen LogP contribution in [0, 0.1) is 0 Å². The van der Waals surface area contributed by atoms with Gasteiger partial charge >= 0.3 is 6.03 Å². The van der Waals surface area contributed by atoms with E-state index in [1.165, 1.54) is 12.0 Å². The fourth-order valence-electron chi connectivity index (χ4n) is 2.71. The number of aliphatic hydroxyl groups is 1. The number of likely N-dealkylation sites (tertiary alicyclic amines) is 1. The number of hydrogen-bond donors (Lipinski definition) is 3. The third kappa shape index (κ3) is 5.36. The molecule has 0 bridgehead atoms. The van der Waals surface area contributed by atoms with Gasteiger partial charge in [-0.05, 0) is 31.4 Å². The number of aliphatic hydroxyl groups excluding tert-OH is 1. The van der Waals surface area contributed by atoms with Crippen LogP contribution >= 0.6 is 0 Å². The quantitative estimate of drug-likeness (QED) is 0.664. The van der Waals surface area contributed by atoms with Gasteiger partial charge in [-0.25, -0.2) is 4.79 Å². The van der Waals surface area contributed by atoms with Crippen LogP contribution in [0.15, 0.2) is 30.3 Å². The predicted octanol–water partition coefficient (Wildman–Crippen LogP) is 1.33. The van der Waals surface area contributed by atoms with Gasteiger partial charge in [0.05, 0.1) is 0 Å². The molecule has 1 aromatic carbocycles. The molecular formula is C16H25N3O2. The Bertz CT molecular complexity index is 425. The van der Waals surface area contributed by atoms with Crippen LogP contribution in [0.5, 0.6) is 0 Å². The number of amides is 2. The van der Waals surface area contributed by atoms with Gasteiger partial charge in [0.1, 0.15) is 0 Å². The maximum atomic E-state index is 11.6. The van der Waals surface area contributed by atoms with Gasteiger partial charge in [0.25, 0.3) is 0 Å². The van der Waals surface area contributed by atoms with Crippen molar-refractivity contribution >= 4 is 6.03 Å². The maximum Gasteiger partial charge on any atom is 0.314 e. The normalized spacial score (nSPS) is 18.6. The van der Waals surface area contributed by atoms with E-state index in [0.717, 1.165) is 19.5 Å². The van der Waals surface area contributed by atoms with Gasteiger partial charge < -0.3 is 15.7 Å². The Balaban J connectivity index is 1.73. The van der Waals surface area contributed by atoms with E-state index in [1.807, 2.05) is 6.07 Å². The average Bonchev–Trinajstić information content (AvgIpc) is 2.94. The van der Waals surface area contributed by atoms with Crippen LogP contribution in [0.2, 0.25) is 0 Å². The lowest BCUT2D eigenvalue weighted by atomic mass is 10.2. The molecule has 2 amide bonds. The van der Waals surface area contributed by atoms with Crippen molar-refractivity contribution in [2.75, 3.05) is 26.2 Å². The molecule has 3 N–H and O–H groups in total. The second kappa shape index (κ2) is 8.64. The van der Waals surface area contributed by atoms with Crippen LogP contribution in [0.1, 0.15) is 24.8 Å². The number of urea groups is 1. The number of rotatable bonds is 7. The maximum absolute atomic E-state index is 11.6. The SMILES string of the molecule is O=C(NCCCO)NCC1CCCN1Cc1ccccc1. The first-order chi connectivity index (χ1) is 10.3. The van der Waals surface area contributed by atoms with Crippen LogP contribution in [-0.2, 0) is 6.54 Å². The van der Waals surface area contributed by atoms with Gasteiger partial charge in [0, 0.05) is 32.3 Å². The summed E-state index contributed by atoms with van der Waals surface area (Å²) in [4.78, 5) is 14.1. The summed E-state index contributed by atoms with van der Waals surface area (Å²) in [5, 5.41) is 14.3. The lowest BCUT2D eigenvalue weighted by molar-refractivity contribution is 0.221. The number of nitrogens with one attached hydrogen (secondary N) is 2.